The van der Waals surface area contributed by atoms with Crippen LogP contribution in [0.15, 0.2) is 59.0 Å². The molecule has 0 N–H and O–H groups in total. The molecule has 0 aliphatic carbocycles. The summed E-state index contributed by atoms with van der Waals surface area (Å²) < 4.78 is 37.6. The molecule has 2 atom stereocenters. The molecule has 9 rings (SSSR count). The highest BCUT2D eigenvalue weighted by Gasteiger charge is 2.34. The molecule has 0 saturated carbocycles. The van der Waals surface area contributed by atoms with Crippen LogP contribution in [0.3, 0.4) is 0 Å². The van der Waals surface area contributed by atoms with E-state index in [0.717, 1.165) is 61.2 Å². The van der Waals surface area contributed by atoms with Crippen LogP contribution < -0.4 is 23.7 Å². The molecule has 4 aromatic carbocycles. The van der Waals surface area contributed by atoms with Gasteiger partial charge >= 0.3 is 0 Å². The van der Waals surface area contributed by atoms with Crippen molar-refractivity contribution in [2.45, 2.75) is 44.7 Å². The summed E-state index contributed by atoms with van der Waals surface area (Å²) in [5.74, 6) is 5.26. The number of oxazole rings is 1. The Labute approximate surface area is 280 Å². The molecule has 0 spiro atoms. The molecule has 5 heterocycles. The summed E-state index contributed by atoms with van der Waals surface area (Å²) in [5.41, 5.74) is 8.50. The van der Waals surface area contributed by atoms with Crippen molar-refractivity contribution in [2.75, 3.05) is 48.5 Å². The average molecular weight is 648 g/mol. The van der Waals surface area contributed by atoms with Crippen molar-refractivity contribution < 1.29 is 28.1 Å². The maximum absolute atomic E-state index is 7.05. The van der Waals surface area contributed by atoms with E-state index < -0.39 is 0 Å². The highest BCUT2D eigenvalue weighted by molar-refractivity contribution is 5.81. The van der Waals surface area contributed by atoms with Crippen LogP contribution in [0.5, 0.6) is 40.2 Å². The van der Waals surface area contributed by atoms with Crippen LogP contribution >= 0.6 is 0 Å². The minimum atomic E-state index is 0.0326. The van der Waals surface area contributed by atoms with Gasteiger partial charge in [0, 0.05) is 37.7 Å². The molecule has 0 unspecified atom stereocenters. The fourth-order valence-corrected chi connectivity index (χ4v) is 7.71. The Morgan fingerprint density at radius 2 is 1.44 bits per heavy atom. The maximum atomic E-state index is 7.05. The smallest absolute Gasteiger partial charge is 0.204 e. The molecule has 248 valence electrons. The number of benzene rings is 4. The third-order valence-electron chi connectivity index (χ3n) is 10.2. The van der Waals surface area contributed by atoms with Crippen LogP contribution in [0.4, 0.5) is 0 Å². The average Bonchev–Trinajstić information content (AvgIpc) is 3.47. The molecule has 6 bridgehead atoms. The Bertz CT molecular complexity index is 2020. The predicted octanol–water partition coefficient (Wildman–Crippen LogP) is 7.60. The second-order valence-corrected chi connectivity index (χ2v) is 13.1. The molecule has 9 heteroatoms. The molecule has 5 aromatic rings. The molecule has 9 nitrogen and oxygen atoms in total. The lowest BCUT2D eigenvalue weighted by Gasteiger charge is -2.37. The number of aromatic nitrogens is 1. The lowest BCUT2D eigenvalue weighted by Crippen LogP contribution is -2.34. The van der Waals surface area contributed by atoms with Gasteiger partial charge in [-0.05, 0) is 110 Å². The first-order valence-electron chi connectivity index (χ1n) is 16.6. The van der Waals surface area contributed by atoms with E-state index in [9.17, 15) is 0 Å². The molecule has 1 aromatic heterocycles. The fourth-order valence-electron chi connectivity index (χ4n) is 7.71. The zero-order valence-electron chi connectivity index (χ0n) is 28.4. The number of rotatable bonds is 3. The quantitative estimate of drug-likeness (QED) is 0.197. The van der Waals surface area contributed by atoms with Crippen molar-refractivity contribution in [3.8, 4) is 40.2 Å². The normalized spacial score (nSPS) is 19.1. The summed E-state index contributed by atoms with van der Waals surface area (Å²) in [6.45, 7) is 3.70. The highest BCUT2D eigenvalue weighted by Crippen LogP contribution is 2.52. The van der Waals surface area contributed by atoms with Crippen LogP contribution in [0.25, 0.3) is 11.1 Å². The molecule has 48 heavy (non-hydrogen) atoms. The van der Waals surface area contributed by atoms with Crippen molar-refractivity contribution in [3.05, 3.63) is 93.9 Å². The number of ether oxygens (including phenoxy) is 5. The summed E-state index contributed by atoms with van der Waals surface area (Å²) in [6.07, 6.45) is 3.30. The third-order valence-corrected chi connectivity index (χ3v) is 10.2. The van der Waals surface area contributed by atoms with Crippen molar-refractivity contribution >= 4 is 11.1 Å². The van der Waals surface area contributed by atoms with Gasteiger partial charge in [-0.1, -0.05) is 12.1 Å². The predicted molar refractivity (Wildman–Crippen MR) is 183 cm³/mol. The number of methoxy groups -OCH3 is 3. The largest absolute Gasteiger partial charge is 0.493 e. The first-order chi connectivity index (χ1) is 23.3. The molecular formula is C39H41N3O6. The molecular weight excluding hydrogens is 606 g/mol. The summed E-state index contributed by atoms with van der Waals surface area (Å²) in [4.78, 5) is 9.50. The zero-order chi connectivity index (χ0) is 33.1. The van der Waals surface area contributed by atoms with Crippen molar-refractivity contribution in [3.63, 3.8) is 0 Å². The Morgan fingerprint density at radius 3 is 2.19 bits per heavy atom. The Hall–Kier alpha value is -4.73. The van der Waals surface area contributed by atoms with E-state index >= 15 is 0 Å². The minimum Gasteiger partial charge on any atom is -0.493 e. The van der Waals surface area contributed by atoms with Gasteiger partial charge in [0.2, 0.25) is 5.75 Å². The summed E-state index contributed by atoms with van der Waals surface area (Å²) >= 11 is 0. The topological polar surface area (TPSA) is 78.7 Å². The molecule has 0 fully saturated rings. The number of fused-ring (bicyclic) bond motifs is 3. The van der Waals surface area contributed by atoms with E-state index in [4.69, 9.17) is 33.1 Å². The Balaban J connectivity index is 1.36. The van der Waals surface area contributed by atoms with Gasteiger partial charge in [0.1, 0.15) is 11.3 Å². The van der Waals surface area contributed by atoms with Gasteiger partial charge in [0.15, 0.2) is 40.2 Å². The monoisotopic (exact) mass is 647 g/mol. The van der Waals surface area contributed by atoms with Gasteiger partial charge in [-0.3, -0.25) is 9.80 Å². The molecule has 4 aliphatic rings. The van der Waals surface area contributed by atoms with E-state index in [1.54, 1.807) is 21.3 Å². The number of hydrogen-bond donors (Lipinski definition) is 0. The lowest BCUT2D eigenvalue weighted by molar-refractivity contribution is 0.220. The van der Waals surface area contributed by atoms with Crippen LogP contribution in [0.1, 0.15) is 51.4 Å². The van der Waals surface area contributed by atoms with E-state index in [2.05, 4.69) is 66.4 Å². The third kappa shape index (κ3) is 5.22. The van der Waals surface area contributed by atoms with Crippen molar-refractivity contribution in [2.24, 2.45) is 0 Å². The first kappa shape index (κ1) is 30.6. The van der Waals surface area contributed by atoms with E-state index in [0.29, 0.717) is 46.0 Å². The van der Waals surface area contributed by atoms with Gasteiger partial charge in [-0.25, -0.2) is 4.98 Å². The Kier molecular flexibility index (Phi) is 7.69. The SMILES string of the molecule is COc1cc2c3cc1Oc1c(OC)c(OC)cc4c1[C@H](Cc1ccc(cc1)Oc1cc(cc5nc(C)oc15)C[C@H]3N(C)CC2)N(C)CC4. The van der Waals surface area contributed by atoms with Gasteiger partial charge in [-0.2, -0.15) is 0 Å². The lowest BCUT2D eigenvalue weighted by atomic mass is 9.87. The second-order valence-electron chi connectivity index (χ2n) is 13.1. The molecule has 0 amide bonds. The Morgan fingerprint density at radius 1 is 0.729 bits per heavy atom. The number of likely N-dealkylation sites (N-methyl/N-ethyl adjacent to an activating group) is 2. The summed E-state index contributed by atoms with van der Waals surface area (Å²) in [6, 6.07) is 19.1. The van der Waals surface area contributed by atoms with Crippen LogP contribution in [-0.2, 0) is 25.7 Å². The summed E-state index contributed by atoms with van der Waals surface area (Å²) in [7, 11) is 9.41. The van der Waals surface area contributed by atoms with Gasteiger partial charge in [-0.15, -0.1) is 0 Å². The summed E-state index contributed by atoms with van der Waals surface area (Å²) in [5, 5.41) is 0. The van der Waals surface area contributed by atoms with Gasteiger partial charge in [0.05, 0.1) is 21.3 Å². The zero-order valence-corrected chi connectivity index (χ0v) is 28.4. The van der Waals surface area contributed by atoms with Crippen LogP contribution in [0, 0.1) is 6.92 Å². The standard InChI is InChI=1S/C39H41N3O6/c1-22-40-29-15-24-17-30-28-21-33(32(43-4)19-25(28)11-13-41(30)2)48-39-36-26(20-34(44-5)38(39)45-6)12-14-42(3)31(36)16-23-7-9-27(10-8-23)47-35(18-24)37(29)46-22/h7-10,15,18-21,30-31H,11-14,16-17H2,1-6H3/t30-,31+/m1/s1. The highest BCUT2D eigenvalue weighted by atomic mass is 16.5. The van der Waals surface area contributed by atoms with E-state index in [1.165, 1.54) is 22.3 Å². The molecule has 0 radical (unpaired) electrons. The maximum Gasteiger partial charge on any atom is 0.204 e. The van der Waals surface area contributed by atoms with Crippen molar-refractivity contribution in [1.29, 1.82) is 0 Å². The van der Waals surface area contributed by atoms with Crippen molar-refractivity contribution in [1.82, 2.24) is 14.8 Å². The van der Waals surface area contributed by atoms with Gasteiger partial charge in [0.25, 0.3) is 0 Å². The fraction of sp³-hybridized carbons (Fsp3) is 0.359. The minimum absolute atomic E-state index is 0.0326. The molecule has 0 saturated heterocycles. The van der Waals surface area contributed by atoms with E-state index in [-0.39, 0.29) is 12.1 Å². The second kappa shape index (κ2) is 12.1. The number of nitrogens with zero attached hydrogens (tertiary/aromatic N) is 3. The first-order valence-corrected chi connectivity index (χ1v) is 16.6. The van der Waals surface area contributed by atoms with Crippen LogP contribution in [0.2, 0.25) is 0 Å². The van der Waals surface area contributed by atoms with Gasteiger partial charge < -0.3 is 28.1 Å². The molecule has 4 aliphatic heterocycles. The van der Waals surface area contributed by atoms with E-state index in [1.807, 2.05) is 19.1 Å². The number of hydrogen-bond acceptors (Lipinski definition) is 9. The number of aryl methyl sites for hydroxylation is 1. The van der Waals surface area contributed by atoms with Crippen LogP contribution in [-0.4, -0.2) is 63.3 Å².